The molecule has 8 heteroatoms. The normalized spacial score (nSPS) is 11.0. The van der Waals surface area contributed by atoms with Crippen LogP contribution in [0.2, 0.25) is 0 Å². The highest BCUT2D eigenvalue weighted by molar-refractivity contribution is 5.74. The number of hydrogen-bond acceptors (Lipinski definition) is 5. The standard InChI is InChI=1S/C11H10N6O2/c1-2-17-9-7(10(18)16-11(17)19)14-8(15-9)6-5-12-3-4-13-6/h3-5H,2H2,1H3,(H,14,15)(H,16,18,19). The zero-order valence-electron chi connectivity index (χ0n) is 10.0. The number of imidazole rings is 1. The summed E-state index contributed by atoms with van der Waals surface area (Å²) < 4.78 is 1.38. The quantitative estimate of drug-likeness (QED) is 0.666. The average molecular weight is 258 g/mol. The van der Waals surface area contributed by atoms with Gasteiger partial charge in [-0.15, -0.1) is 0 Å². The van der Waals surface area contributed by atoms with Gasteiger partial charge in [0.2, 0.25) is 0 Å². The lowest BCUT2D eigenvalue weighted by Crippen LogP contribution is -2.29. The van der Waals surface area contributed by atoms with Crippen molar-refractivity contribution in [3.8, 4) is 11.5 Å². The first-order chi connectivity index (χ1) is 9.20. The van der Waals surface area contributed by atoms with Gasteiger partial charge in [-0.1, -0.05) is 0 Å². The van der Waals surface area contributed by atoms with Crippen LogP contribution in [0.15, 0.2) is 28.2 Å². The molecule has 0 atom stereocenters. The Balaban J connectivity index is 2.35. The Hall–Kier alpha value is -2.77. The minimum atomic E-state index is -0.493. The number of aromatic nitrogens is 6. The Morgan fingerprint density at radius 3 is 2.79 bits per heavy atom. The van der Waals surface area contributed by atoms with E-state index in [1.54, 1.807) is 13.1 Å². The molecule has 8 nitrogen and oxygen atoms in total. The molecule has 3 aromatic rings. The molecule has 0 amide bonds. The van der Waals surface area contributed by atoms with Gasteiger partial charge in [0.25, 0.3) is 5.56 Å². The number of aryl methyl sites for hydroxylation is 1. The van der Waals surface area contributed by atoms with Gasteiger partial charge in [-0.25, -0.2) is 14.8 Å². The fraction of sp³-hybridized carbons (Fsp3) is 0.182. The molecule has 0 saturated carbocycles. The van der Waals surface area contributed by atoms with E-state index in [1.807, 2.05) is 0 Å². The smallest absolute Gasteiger partial charge is 0.330 e. The average Bonchev–Trinajstić information content (AvgIpc) is 2.85. The fourth-order valence-corrected chi connectivity index (χ4v) is 1.88. The van der Waals surface area contributed by atoms with Gasteiger partial charge in [-0.2, -0.15) is 0 Å². The molecule has 3 heterocycles. The summed E-state index contributed by atoms with van der Waals surface area (Å²) in [5, 5.41) is 0. The van der Waals surface area contributed by atoms with Crippen molar-refractivity contribution in [1.29, 1.82) is 0 Å². The predicted octanol–water partition coefficient (Wildman–Crippen LogP) is -0.110. The molecule has 96 valence electrons. The second-order valence-electron chi connectivity index (χ2n) is 3.88. The van der Waals surface area contributed by atoms with Gasteiger partial charge < -0.3 is 4.98 Å². The van der Waals surface area contributed by atoms with Gasteiger partial charge in [-0.3, -0.25) is 19.3 Å². The second kappa shape index (κ2) is 4.16. The van der Waals surface area contributed by atoms with E-state index in [-0.39, 0.29) is 5.52 Å². The number of nitrogens with zero attached hydrogens (tertiary/aromatic N) is 4. The number of H-pyrrole nitrogens is 2. The van der Waals surface area contributed by atoms with E-state index in [1.165, 1.54) is 17.0 Å². The molecule has 0 unspecified atom stereocenters. The molecule has 0 radical (unpaired) electrons. The Morgan fingerprint density at radius 1 is 1.26 bits per heavy atom. The van der Waals surface area contributed by atoms with Gasteiger partial charge in [0, 0.05) is 18.9 Å². The van der Waals surface area contributed by atoms with Crippen molar-refractivity contribution in [2.75, 3.05) is 0 Å². The summed E-state index contributed by atoms with van der Waals surface area (Å²) in [6, 6.07) is 0. The van der Waals surface area contributed by atoms with Gasteiger partial charge in [-0.05, 0) is 6.92 Å². The number of hydrogen-bond donors (Lipinski definition) is 2. The Bertz CT molecular complexity index is 845. The number of nitrogens with one attached hydrogen (secondary N) is 2. The fourth-order valence-electron chi connectivity index (χ4n) is 1.88. The molecule has 0 fully saturated rings. The molecule has 0 aliphatic heterocycles. The van der Waals surface area contributed by atoms with Crippen LogP contribution in [0, 0.1) is 0 Å². The molecule has 19 heavy (non-hydrogen) atoms. The summed E-state index contributed by atoms with van der Waals surface area (Å²) in [6.45, 7) is 2.21. The minimum absolute atomic E-state index is 0.252. The topological polar surface area (TPSA) is 109 Å². The highest BCUT2D eigenvalue weighted by Crippen LogP contribution is 2.14. The molecule has 0 aliphatic rings. The first-order valence-electron chi connectivity index (χ1n) is 5.70. The second-order valence-corrected chi connectivity index (χ2v) is 3.88. The van der Waals surface area contributed by atoms with Crippen LogP contribution in [0.3, 0.4) is 0 Å². The molecule has 0 bridgehead atoms. The van der Waals surface area contributed by atoms with E-state index in [0.29, 0.717) is 23.7 Å². The van der Waals surface area contributed by atoms with E-state index in [2.05, 4.69) is 24.9 Å². The highest BCUT2D eigenvalue weighted by Gasteiger charge is 2.13. The molecular weight excluding hydrogens is 248 g/mol. The van der Waals surface area contributed by atoms with Crippen molar-refractivity contribution < 1.29 is 0 Å². The minimum Gasteiger partial charge on any atom is -0.331 e. The van der Waals surface area contributed by atoms with E-state index in [9.17, 15) is 9.59 Å². The molecule has 3 rings (SSSR count). The summed E-state index contributed by atoms with van der Waals surface area (Å²) >= 11 is 0. The third-order valence-electron chi connectivity index (χ3n) is 2.76. The summed E-state index contributed by atoms with van der Waals surface area (Å²) in [7, 11) is 0. The van der Waals surface area contributed by atoms with Crippen LogP contribution in [0.5, 0.6) is 0 Å². The molecule has 0 spiro atoms. The number of fused-ring (bicyclic) bond motifs is 1. The highest BCUT2D eigenvalue weighted by atomic mass is 16.2. The van der Waals surface area contributed by atoms with E-state index >= 15 is 0 Å². The summed E-state index contributed by atoms with van der Waals surface area (Å²) in [5.74, 6) is 0.404. The van der Waals surface area contributed by atoms with E-state index in [0.717, 1.165) is 0 Å². The molecule has 0 saturated heterocycles. The molecule has 3 aromatic heterocycles. The van der Waals surface area contributed by atoms with E-state index in [4.69, 9.17) is 0 Å². The third-order valence-corrected chi connectivity index (χ3v) is 2.76. The number of rotatable bonds is 2. The van der Waals surface area contributed by atoms with Crippen molar-refractivity contribution in [3.05, 3.63) is 39.4 Å². The van der Waals surface area contributed by atoms with Crippen LogP contribution in [-0.2, 0) is 6.54 Å². The first-order valence-corrected chi connectivity index (χ1v) is 5.70. The van der Waals surface area contributed by atoms with Gasteiger partial charge in [0.1, 0.15) is 11.2 Å². The monoisotopic (exact) mass is 258 g/mol. The van der Waals surface area contributed by atoms with Gasteiger partial charge in [0.15, 0.2) is 11.5 Å². The van der Waals surface area contributed by atoms with Crippen LogP contribution < -0.4 is 11.2 Å². The first kappa shape index (κ1) is 11.3. The molecule has 0 aliphatic carbocycles. The Morgan fingerprint density at radius 2 is 2.11 bits per heavy atom. The van der Waals surface area contributed by atoms with Crippen molar-refractivity contribution in [3.63, 3.8) is 0 Å². The molecule has 2 N–H and O–H groups in total. The van der Waals surface area contributed by atoms with Crippen LogP contribution in [0.4, 0.5) is 0 Å². The lowest BCUT2D eigenvalue weighted by molar-refractivity contribution is 0.720. The van der Waals surface area contributed by atoms with Crippen molar-refractivity contribution >= 4 is 11.2 Å². The maximum atomic E-state index is 11.7. The Kier molecular flexibility index (Phi) is 2.48. The maximum absolute atomic E-state index is 11.7. The zero-order valence-corrected chi connectivity index (χ0v) is 10.0. The van der Waals surface area contributed by atoms with Crippen molar-refractivity contribution in [2.45, 2.75) is 13.5 Å². The maximum Gasteiger partial charge on any atom is 0.330 e. The summed E-state index contributed by atoms with van der Waals surface area (Å²) in [5.41, 5.74) is 0.108. The van der Waals surface area contributed by atoms with Crippen LogP contribution in [0.1, 0.15) is 6.92 Å². The van der Waals surface area contributed by atoms with Crippen molar-refractivity contribution in [2.24, 2.45) is 0 Å². The van der Waals surface area contributed by atoms with Crippen LogP contribution in [0.25, 0.3) is 22.7 Å². The SMILES string of the molecule is CCn1c(=O)[nH]c(=O)c2[nH]c(-c3cnccn3)nc21. The molecule has 0 aromatic carbocycles. The third kappa shape index (κ3) is 1.73. The van der Waals surface area contributed by atoms with Gasteiger partial charge in [0.05, 0.1) is 6.20 Å². The zero-order chi connectivity index (χ0) is 13.4. The number of aromatic amines is 2. The van der Waals surface area contributed by atoms with Crippen LogP contribution in [-0.4, -0.2) is 29.5 Å². The summed E-state index contributed by atoms with van der Waals surface area (Å²) in [4.78, 5) is 40.8. The largest absolute Gasteiger partial charge is 0.331 e. The van der Waals surface area contributed by atoms with Crippen molar-refractivity contribution in [1.82, 2.24) is 29.5 Å². The Labute approximate surface area is 106 Å². The van der Waals surface area contributed by atoms with Gasteiger partial charge >= 0.3 is 5.69 Å². The summed E-state index contributed by atoms with van der Waals surface area (Å²) in [6.07, 6.45) is 4.60. The lowest BCUT2D eigenvalue weighted by Gasteiger charge is -1.99. The lowest BCUT2D eigenvalue weighted by atomic mass is 10.4. The predicted molar refractivity (Wildman–Crippen MR) is 67.7 cm³/mol. The molecular formula is C11H10N6O2. The van der Waals surface area contributed by atoms with E-state index < -0.39 is 11.2 Å². The van der Waals surface area contributed by atoms with Crippen LogP contribution >= 0.6 is 0 Å².